The van der Waals surface area contributed by atoms with Crippen molar-refractivity contribution < 1.29 is 4.79 Å². The summed E-state index contributed by atoms with van der Waals surface area (Å²) < 4.78 is 1.08. The minimum absolute atomic E-state index is 0.295. The third-order valence-electron chi connectivity index (χ3n) is 4.70. The molecule has 0 aliphatic carbocycles. The number of para-hydroxylation sites is 1. The second-order valence-electron chi connectivity index (χ2n) is 6.72. The maximum absolute atomic E-state index is 12.9. The van der Waals surface area contributed by atoms with Crippen molar-refractivity contribution in [2.24, 2.45) is 0 Å². The maximum Gasteiger partial charge on any atom is 0.333 e. The molecule has 7 heteroatoms. The summed E-state index contributed by atoms with van der Waals surface area (Å²) in [6, 6.07) is 16.9. The number of rotatable bonds is 3. The maximum atomic E-state index is 12.9. The fourth-order valence-electron chi connectivity index (χ4n) is 3.12. The van der Waals surface area contributed by atoms with E-state index in [1.807, 2.05) is 13.0 Å². The fraction of sp³-hybridized carbons (Fsp3) is 0.0909. The number of pyridine rings is 1. The molecule has 0 spiro atoms. The van der Waals surface area contributed by atoms with Crippen LogP contribution in [0.5, 0.6) is 0 Å². The fourth-order valence-corrected chi connectivity index (χ4v) is 3.12. The number of benzene rings is 2. The number of anilines is 1. The van der Waals surface area contributed by atoms with E-state index in [4.69, 9.17) is 0 Å². The predicted molar refractivity (Wildman–Crippen MR) is 112 cm³/mol. The van der Waals surface area contributed by atoms with Crippen LogP contribution in [0, 0.1) is 6.92 Å². The van der Waals surface area contributed by atoms with E-state index < -0.39 is 11.2 Å². The number of fused-ring (bicyclic) bond motifs is 1. The van der Waals surface area contributed by atoms with Crippen molar-refractivity contribution in [3.05, 3.63) is 98.8 Å². The van der Waals surface area contributed by atoms with Crippen molar-refractivity contribution in [2.75, 3.05) is 11.9 Å². The highest BCUT2D eigenvalue weighted by molar-refractivity contribution is 6.06. The first kappa shape index (κ1) is 18.4. The van der Waals surface area contributed by atoms with E-state index in [1.165, 1.54) is 11.0 Å². The molecule has 0 fully saturated rings. The Labute approximate surface area is 165 Å². The first-order valence-corrected chi connectivity index (χ1v) is 9.01. The van der Waals surface area contributed by atoms with Gasteiger partial charge in [-0.15, -0.1) is 0 Å². The first-order valence-electron chi connectivity index (χ1n) is 9.01. The van der Waals surface area contributed by atoms with Gasteiger partial charge in [0.25, 0.3) is 11.5 Å². The zero-order valence-electron chi connectivity index (χ0n) is 15.9. The van der Waals surface area contributed by atoms with Crippen LogP contribution in [-0.2, 0) is 0 Å². The minimum atomic E-state index is -0.563. The molecule has 4 rings (SSSR count). The number of carbonyl (C=O) groups excluding carboxylic acids is 1. The van der Waals surface area contributed by atoms with Crippen molar-refractivity contribution in [1.29, 1.82) is 0 Å². The summed E-state index contributed by atoms with van der Waals surface area (Å²) in [4.78, 5) is 46.6. The van der Waals surface area contributed by atoms with Gasteiger partial charge in [0.1, 0.15) is 5.82 Å². The highest BCUT2D eigenvalue weighted by atomic mass is 16.2. The highest BCUT2D eigenvalue weighted by Crippen LogP contribution is 2.16. The second-order valence-corrected chi connectivity index (χ2v) is 6.72. The number of hydrogen-bond acceptors (Lipinski definition) is 4. The number of hydrogen-bond donors (Lipinski definition) is 1. The number of nitrogens with one attached hydrogen (secondary N) is 1. The summed E-state index contributed by atoms with van der Waals surface area (Å²) in [6.07, 6.45) is 1.68. The molecule has 1 N–H and O–H groups in total. The molecule has 29 heavy (non-hydrogen) atoms. The van der Waals surface area contributed by atoms with Gasteiger partial charge in [-0.3, -0.25) is 14.5 Å². The van der Waals surface area contributed by atoms with Crippen LogP contribution in [0.25, 0.3) is 16.6 Å². The molecule has 0 unspecified atom stereocenters. The molecule has 4 aromatic rings. The summed E-state index contributed by atoms with van der Waals surface area (Å²) >= 11 is 0. The lowest BCUT2D eigenvalue weighted by molar-refractivity contribution is 0.0992. The Morgan fingerprint density at radius 2 is 1.79 bits per heavy atom. The predicted octanol–water partition coefficient (Wildman–Crippen LogP) is 2.66. The van der Waals surface area contributed by atoms with Gasteiger partial charge in [0.15, 0.2) is 0 Å². The summed E-state index contributed by atoms with van der Waals surface area (Å²) in [6.45, 7) is 1.92. The van der Waals surface area contributed by atoms with Gasteiger partial charge in [0.05, 0.1) is 16.6 Å². The molecule has 0 aliphatic heterocycles. The third-order valence-corrected chi connectivity index (χ3v) is 4.70. The summed E-state index contributed by atoms with van der Waals surface area (Å²) in [7, 11) is 1.63. The molecular weight excluding hydrogens is 368 g/mol. The van der Waals surface area contributed by atoms with E-state index >= 15 is 0 Å². The van der Waals surface area contributed by atoms with E-state index in [2.05, 4.69) is 9.97 Å². The Kier molecular flexibility index (Phi) is 4.56. The lowest BCUT2D eigenvalue weighted by Gasteiger charge is -2.16. The number of H-pyrrole nitrogens is 1. The molecule has 0 bridgehead atoms. The average Bonchev–Trinajstić information content (AvgIpc) is 2.73. The van der Waals surface area contributed by atoms with Gasteiger partial charge in [-0.1, -0.05) is 24.3 Å². The Morgan fingerprint density at radius 3 is 2.48 bits per heavy atom. The van der Waals surface area contributed by atoms with Crippen molar-refractivity contribution in [3.63, 3.8) is 0 Å². The molecule has 1 amide bonds. The van der Waals surface area contributed by atoms with Crippen molar-refractivity contribution >= 4 is 22.6 Å². The lowest BCUT2D eigenvalue weighted by atomic mass is 10.1. The largest absolute Gasteiger partial charge is 0.333 e. The van der Waals surface area contributed by atoms with Crippen LogP contribution < -0.4 is 16.1 Å². The number of aryl methyl sites for hydroxylation is 1. The van der Waals surface area contributed by atoms with Crippen LogP contribution in [0.1, 0.15) is 15.9 Å². The number of carbonyl (C=O) groups is 1. The molecule has 2 heterocycles. The number of amides is 1. The number of nitrogens with zero attached hydrogens (tertiary/aromatic N) is 3. The standard InChI is InChI=1S/C22H18N4O3/c1-14-8-11-19(23-13-14)25(2)20(27)15-9-10-17-18(12-15)24-22(29)26(21(17)28)16-6-4-3-5-7-16/h3-13H,1-2H3,(H,24,29). The van der Waals surface area contributed by atoms with Gasteiger partial charge < -0.3 is 4.98 Å². The monoisotopic (exact) mass is 386 g/mol. The van der Waals surface area contributed by atoms with Crippen molar-refractivity contribution in [3.8, 4) is 5.69 Å². The first-order chi connectivity index (χ1) is 14.0. The topological polar surface area (TPSA) is 88.1 Å². The quantitative estimate of drug-likeness (QED) is 0.586. The van der Waals surface area contributed by atoms with Crippen LogP contribution >= 0.6 is 0 Å². The third kappa shape index (κ3) is 3.34. The molecule has 2 aromatic carbocycles. The highest BCUT2D eigenvalue weighted by Gasteiger charge is 2.17. The van der Waals surface area contributed by atoms with Crippen LogP contribution in [0.4, 0.5) is 5.82 Å². The summed E-state index contributed by atoms with van der Waals surface area (Å²) in [5, 5.41) is 0.320. The van der Waals surface area contributed by atoms with Gasteiger partial charge in [-0.2, -0.15) is 0 Å². The van der Waals surface area contributed by atoms with Gasteiger partial charge >= 0.3 is 5.69 Å². The van der Waals surface area contributed by atoms with E-state index in [0.717, 1.165) is 10.1 Å². The van der Waals surface area contributed by atoms with E-state index in [9.17, 15) is 14.4 Å². The summed E-state index contributed by atoms with van der Waals surface area (Å²) in [5.74, 6) is 0.213. The van der Waals surface area contributed by atoms with Crippen LogP contribution in [0.2, 0.25) is 0 Å². The van der Waals surface area contributed by atoms with Crippen molar-refractivity contribution in [1.82, 2.24) is 14.5 Å². The number of aromatic nitrogens is 3. The molecule has 2 aromatic heterocycles. The number of aromatic amines is 1. The van der Waals surface area contributed by atoms with Crippen LogP contribution in [0.15, 0.2) is 76.4 Å². The molecular formula is C22H18N4O3. The zero-order chi connectivity index (χ0) is 20.5. The Hall–Kier alpha value is -4.00. The minimum Gasteiger partial charge on any atom is -0.306 e. The lowest BCUT2D eigenvalue weighted by Crippen LogP contribution is -2.33. The Balaban J connectivity index is 1.77. The molecule has 0 aliphatic rings. The molecule has 0 radical (unpaired) electrons. The molecule has 144 valence electrons. The normalized spacial score (nSPS) is 10.8. The van der Waals surface area contributed by atoms with Gasteiger partial charge in [-0.25, -0.2) is 14.3 Å². The Morgan fingerprint density at radius 1 is 1.03 bits per heavy atom. The molecule has 0 saturated carbocycles. The van der Waals surface area contributed by atoms with Crippen molar-refractivity contribution in [2.45, 2.75) is 6.92 Å². The van der Waals surface area contributed by atoms with E-state index in [1.54, 1.807) is 61.8 Å². The SMILES string of the molecule is Cc1ccc(N(C)C(=O)c2ccc3c(=O)n(-c4ccccc4)c(=O)[nH]c3c2)nc1. The average molecular weight is 386 g/mol. The zero-order valence-corrected chi connectivity index (χ0v) is 15.9. The van der Waals surface area contributed by atoms with Crippen LogP contribution in [0.3, 0.4) is 0 Å². The van der Waals surface area contributed by atoms with Gasteiger partial charge in [-0.05, 0) is 48.9 Å². The van der Waals surface area contributed by atoms with Gasteiger partial charge in [0.2, 0.25) is 0 Å². The molecule has 0 saturated heterocycles. The smallest absolute Gasteiger partial charge is 0.306 e. The van der Waals surface area contributed by atoms with E-state index in [0.29, 0.717) is 28.0 Å². The van der Waals surface area contributed by atoms with Gasteiger partial charge in [0, 0.05) is 18.8 Å². The Bertz CT molecular complexity index is 1320. The molecule has 0 atom stereocenters. The second kappa shape index (κ2) is 7.20. The van der Waals surface area contributed by atoms with E-state index in [-0.39, 0.29) is 5.91 Å². The molecule has 7 nitrogen and oxygen atoms in total. The van der Waals surface area contributed by atoms with Crippen LogP contribution in [-0.4, -0.2) is 27.5 Å². The summed E-state index contributed by atoms with van der Waals surface area (Å²) in [5.41, 5.74) is 1.12.